The maximum Gasteiger partial charge on any atom is 0.265 e. The molecule has 2 aliphatic rings. The van der Waals surface area contributed by atoms with Crippen molar-refractivity contribution in [2.24, 2.45) is 0 Å². The number of nitrogens with zero attached hydrogens (tertiary/aromatic N) is 2. The lowest BCUT2D eigenvalue weighted by atomic mass is 10.1. The lowest BCUT2D eigenvalue weighted by molar-refractivity contribution is -0.132. The average Bonchev–Trinajstić information content (AvgIpc) is 3.27. The summed E-state index contributed by atoms with van der Waals surface area (Å²) in [5.74, 6) is 1.45. The van der Waals surface area contributed by atoms with Crippen LogP contribution in [0.2, 0.25) is 0 Å². The maximum atomic E-state index is 12.6. The summed E-state index contributed by atoms with van der Waals surface area (Å²) in [7, 11) is 3.08. The van der Waals surface area contributed by atoms with Gasteiger partial charge in [0.1, 0.15) is 12.2 Å². The zero-order valence-corrected chi connectivity index (χ0v) is 20.6. The summed E-state index contributed by atoms with van der Waals surface area (Å²) in [5, 5.41) is 0.158. The van der Waals surface area contributed by atoms with Crippen LogP contribution in [0.3, 0.4) is 0 Å². The van der Waals surface area contributed by atoms with Gasteiger partial charge in [-0.05, 0) is 76.5 Å². The minimum atomic E-state index is -0.458. The Morgan fingerprint density at radius 2 is 1.76 bits per heavy atom. The number of benzene rings is 2. The normalized spacial score (nSPS) is 15.3. The van der Waals surface area contributed by atoms with Crippen molar-refractivity contribution in [1.29, 1.82) is 0 Å². The van der Waals surface area contributed by atoms with Crippen molar-refractivity contribution < 1.29 is 28.5 Å². The van der Waals surface area contributed by atoms with Crippen LogP contribution in [-0.2, 0) is 16.2 Å². The highest BCUT2D eigenvalue weighted by Crippen LogP contribution is 2.39. The molecule has 0 bridgehead atoms. The van der Waals surface area contributed by atoms with Crippen molar-refractivity contribution in [1.82, 2.24) is 9.80 Å². The van der Waals surface area contributed by atoms with E-state index in [1.807, 2.05) is 25.1 Å². The van der Waals surface area contributed by atoms with E-state index >= 15 is 0 Å². The predicted octanol–water partition coefficient (Wildman–Crippen LogP) is 3.75. The highest BCUT2D eigenvalue weighted by Gasteiger charge is 2.35. The summed E-state index contributed by atoms with van der Waals surface area (Å²) in [6.07, 6.45) is 1.52. The van der Waals surface area contributed by atoms with Crippen LogP contribution in [0.4, 0.5) is 0 Å². The molecule has 0 saturated carbocycles. The Morgan fingerprint density at radius 1 is 1.06 bits per heavy atom. The van der Waals surface area contributed by atoms with Crippen LogP contribution in [0.15, 0.2) is 40.4 Å². The zero-order valence-electron chi connectivity index (χ0n) is 18.2. The van der Waals surface area contributed by atoms with Crippen molar-refractivity contribution in [3.63, 3.8) is 0 Å². The Morgan fingerprint density at radius 3 is 2.45 bits per heavy atom. The first-order chi connectivity index (χ1) is 15.8. The average molecular weight is 533 g/mol. The summed E-state index contributed by atoms with van der Waals surface area (Å²) in [5.41, 5.74) is 1.52. The van der Waals surface area contributed by atoms with E-state index in [2.05, 4.69) is 15.9 Å². The SMILES string of the molecule is CCOc1cc(C=C2C(=O)N(C)C(=S)N(C)C2=O)cc(Br)c1OCc1ccc2c(c1)OCO2. The molecule has 0 atom stereocenters. The van der Waals surface area contributed by atoms with E-state index in [9.17, 15) is 9.59 Å². The number of thiocarbonyl (C=S) groups is 1. The number of amides is 2. The number of hydrogen-bond acceptors (Lipinski definition) is 7. The second-order valence-corrected chi connectivity index (χ2v) is 8.53. The van der Waals surface area contributed by atoms with Gasteiger partial charge in [0.05, 0.1) is 11.1 Å². The number of likely N-dealkylation sites (N-methyl/N-ethyl adjacent to an activating group) is 2. The molecular formula is C23H21BrN2O6S. The predicted molar refractivity (Wildman–Crippen MR) is 128 cm³/mol. The van der Waals surface area contributed by atoms with Gasteiger partial charge in [-0.1, -0.05) is 6.07 Å². The molecule has 0 unspecified atom stereocenters. The summed E-state index contributed by atoms with van der Waals surface area (Å²) in [6, 6.07) is 9.10. The van der Waals surface area contributed by atoms with Crippen LogP contribution in [0.25, 0.3) is 6.08 Å². The number of hydrogen-bond donors (Lipinski definition) is 0. The summed E-state index contributed by atoms with van der Waals surface area (Å²) >= 11 is 8.66. The maximum absolute atomic E-state index is 12.6. The van der Waals surface area contributed by atoms with E-state index in [0.29, 0.717) is 39.6 Å². The van der Waals surface area contributed by atoms with Gasteiger partial charge in [0.15, 0.2) is 28.1 Å². The molecule has 1 saturated heterocycles. The summed E-state index contributed by atoms with van der Waals surface area (Å²) in [6.45, 7) is 2.75. The van der Waals surface area contributed by atoms with Crippen molar-refractivity contribution in [3.05, 3.63) is 51.5 Å². The third-order valence-corrected chi connectivity index (χ3v) is 6.24. The van der Waals surface area contributed by atoms with Crippen LogP contribution >= 0.6 is 28.1 Å². The van der Waals surface area contributed by atoms with E-state index < -0.39 is 11.8 Å². The van der Waals surface area contributed by atoms with Crippen LogP contribution in [0, 0.1) is 0 Å². The third kappa shape index (κ3) is 4.53. The van der Waals surface area contributed by atoms with Gasteiger partial charge in [-0.15, -0.1) is 0 Å². The molecule has 10 heteroatoms. The summed E-state index contributed by atoms with van der Waals surface area (Å²) < 4.78 is 23.2. The van der Waals surface area contributed by atoms with Crippen molar-refractivity contribution >= 4 is 51.2 Å². The monoisotopic (exact) mass is 532 g/mol. The van der Waals surface area contributed by atoms with E-state index in [1.54, 1.807) is 12.1 Å². The quantitative estimate of drug-likeness (QED) is 0.318. The molecule has 4 rings (SSSR count). The van der Waals surface area contributed by atoms with E-state index in [1.165, 1.54) is 30.0 Å². The molecule has 0 aliphatic carbocycles. The molecule has 0 N–H and O–H groups in total. The molecule has 2 heterocycles. The number of fused-ring (bicyclic) bond motifs is 1. The molecule has 0 radical (unpaired) electrons. The fraction of sp³-hybridized carbons (Fsp3) is 0.261. The molecular weight excluding hydrogens is 512 g/mol. The van der Waals surface area contributed by atoms with Crippen molar-refractivity contribution in [3.8, 4) is 23.0 Å². The van der Waals surface area contributed by atoms with Crippen LogP contribution < -0.4 is 18.9 Å². The fourth-order valence-electron chi connectivity index (χ4n) is 3.40. The number of halogens is 1. The molecule has 8 nitrogen and oxygen atoms in total. The number of rotatable bonds is 6. The topological polar surface area (TPSA) is 77.5 Å². The first-order valence-electron chi connectivity index (χ1n) is 10.1. The third-order valence-electron chi connectivity index (χ3n) is 5.11. The Hall–Kier alpha value is -3.11. The largest absolute Gasteiger partial charge is 0.490 e. The van der Waals surface area contributed by atoms with Gasteiger partial charge >= 0.3 is 0 Å². The minimum absolute atomic E-state index is 0.0111. The van der Waals surface area contributed by atoms with Gasteiger partial charge in [-0.25, -0.2) is 0 Å². The smallest absolute Gasteiger partial charge is 0.265 e. The highest BCUT2D eigenvalue weighted by molar-refractivity contribution is 9.10. The number of ether oxygens (including phenoxy) is 4. The standard InChI is InChI=1S/C23H21BrN2O6S/c1-4-29-19-10-14(7-15-21(27)25(2)23(33)26(3)22(15)28)8-16(24)20(19)30-11-13-5-6-17-18(9-13)32-12-31-17/h5-10H,4,11-12H2,1-3H3. The molecule has 0 spiro atoms. The zero-order chi connectivity index (χ0) is 23.7. The Kier molecular flexibility index (Phi) is 6.57. The molecule has 1 fully saturated rings. The lowest BCUT2D eigenvalue weighted by Crippen LogP contribution is -2.52. The molecule has 2 aromatic carbocycles. The lowest BCUT2D eigenvalue weighted by Gasteiger charge is -2.31. The second-order valence-electron chi connectivity index (χ2n) is 7.31. The molecule has 172 valence electrons. The Bertz CT molecular complexity index is 1160. The van der Waals surface area contributed by atoms with Gasteiger partial charge in [0, 0.05) is 14.1 Å². The number of carbonyl (C=O) groups excluding carboxylic acids is 2. The van der Waals surface area contributed by atoms with Crippen LogP contribution in [0.1, 0.15) is 18.1 Å². The number of carbonyl (C=O) groups is 2. The first-order valence-corrected chi connectivity index (χ1v) is 11.3. The van der Waals surface area contributed by atoms with Gasteiger partial charge in [0.2, 0.25) is 6.79 Å². The molecule has 2 amide bonds. The van der Waals surface area contributed by atoms with E-state index in [4.69, 9.17) is 31.2 Å². The summed E-state index contributed by atoms with van der Waals surface area (Å²) in [4.78, 5) is 27.8. The molecule has 2 aromatic rings. The van der Waals surface area contributed by atoms with Gasteiger partial charge in [-0.3, -0.25) is 19.4 Å². The highest BCUT2D eigenvalue weighted by atomic mass is 79.9. The fourth-order valence-corrected chi connectivity index (χ4v) is 4.14. The van der Waals surface area contributed by atoms with Gasteiger partial charge < -0.3 is 18.9 Å². The molecule has 0 aromatic heterocycles. The van der Waals surface area contributed by atoms with Crippen molar-refractivity contribution in [2.75, 3.05) is 27.5 Å². The van der Waals surface area contributed by atoms with Crippen LogP contribution in [0.5, 0.6) is 23.0 Å². The van der Waals surface area contributed by atoms with Crippen molar-refractivity contribution in [2.45, 2.75) is 13.5 Å². The minimum Gasteiger partial charge on any atom is -0.490 e. The Labute approximate surface area is 204 Å². The second kappa shape index (κ2) is 9.40. The Balaban J connectivity index is 1.62. The first kappa shape index (κ1) is 23.1. The van der Waals surface area contributed by atoms with Crippen LogP contribution in [-0.4, -0.2) is 54.2 Å². The van der Waals surface area contributed by atoms with Gasteiger partial charge in [0.25, 0.3) is 11.8 Å². The van der Waals surface area contributed by atoms with Gasteiger partial charge in [-0.2, -0.15) is 0 Å². The molecule has 33 heavy (non-hydrogen) atoms. The van der Waals surface area contributed by atoms with E-state index in [0.717, 1.165) is 5.56 Å². The molecule has 2 aliphatic heterocycles. The van der Waals surface area contributed by atoms with E-state index in [-0.39, 0.29) is 24.1 Å².